The molecule has 0 aromatic heterocycles. The largest absolute Gasteiger partial charge is 0.0642 e. The molecule has 1 atom stereocenters. The maximum absolute atomic E-state index is 2.59. The van der Waals surface area contributed by atoms with Crippen LogP contribution in [0.2, 0.25) is 0 Å². The number of hydrogen-bond donors (Lipinski definition) is 0. The molecule has 0 radical (unpaired) electrons. The molecule has 0 amide bonds. The molecule has 412 valence electrons. The summed E-state index contributed by atoms with van der Waals surface area (Å²) in [5, 5.41) is 15.3. The molecule has 87 heavy (non-hydrogen) atoms. The van der Waals surface area contributed by atoms with E-state index in [0.717, 1.165) is 19.3 Å². The Morgan fingerprint density at radius 1 is 0.207 bits per heavy atom. The van der Waals surface area contributed by atoms with Gasteiger partial charge in [0.05, 0.1) is 0 Å². The zero-order chi connectivity index (χ0) is 58.1. The third-order valence-electron chi connectivity index (χ3n) is 20.9. The monoisotopic (exact) mass is 1110 g/mol. The number of fused-ring (bicyclic) bond motifs is 12. The van der Waals surface area contributed by atoms with E-state index in [1.165, 1.54) is 176 Å². The van der Waals surface area contributed by atoms with Gasteiger partial charge < -0.3 is 0 Å². The second-order valence-electron chi connectivity index (χ2n) is 24.8. The van der Waals surface area contributed by atoms with E-state index < -0.39 is 0 Å². The Labute approximate surface area is 509 Å². The summed E-state index contributed by atoms with van der Waals surface area (Å²) in [6, 6.07) is 106. The minimum Gasteiger partial charge on any atom is -0.0642 e. The van der Waals surface area contributed by atoms with Gasteiger partial charge in [-0.05, 0) is 219 Å². The molecular weight excluding hydrogens is 1040 g/mol. The van der Waals surface area contributed by atoms with Crippen molar-refractivity contribution in [3.8, 4) is 89.0 Å². The van der Waals surface area contributed by atoms with E-state index in [0.29, 0.717) is 0 Å². The van der Waals surface area contributed by atoms with Gasteiger partial charge in [-0.25, -0.2) is 0 Å². The topological polar surface area (TPSA) is 0 Å². The van der Waals surface area contributed by atoms with Crippen LogP contribution in [0, 0.1) is 0 Å². The van der Waals surface area contributed by atoms with Gasteiger partial charge in [0.1, 0.15) is 0 Å². The SMILES string of the molecule is CCC1(C)c2cc(-c3ccc4c(c3)C(CC)(CC)c3cc(-c5c6ccccc6c(-c6c7ccccc7c(-c7ccccc7)c7ccccc67)c6ccccc56)ccc3-4)ccc2-c2ccc(-c3c4ccccc4c(-c4ccccc4)c4ccccc34)cc21. The molecule has 0 heteroatoms. The van der Waals surface area contributed by atoms with Crippen LogP contribution in [0.3, 0.4) is 0 Å². The molecule has 0 aliphatic heterocycles. The molecule has 0 N–H and O–H groups in total. The smallest absolute Gasteiger partial charge is 0.0210 e. The lowest BCUT2D eigenvalue weighted by atomic mass is 9.72. The molecule has 2 aliphatic rings. The van der Waals surface area contributed by atoms with Crippen molar-refractivity contribution in [3.63, 3.8) is 0 Å². The second kappa shape index (κ2) is 19.7. The molecule has 0 saturated carbocycles. The van der Waals surface area contributed by atoms with Crippen LogP contribution in [0.1, 0.15) is 69.2 Å². The standard InChI is InChI=1S/C87H64/c1-5-86(4)76-50-56(42-46-60(76)61-48-44-58(52-77(61)86)82-66-32-16-14-30-64(66)80(54-26-10-8-11-27-54)65-31-15-17-33-67(65)82)57-43-47-62-63-49-45-59(53-79(63)87(6-2,7-3)78(62)51-57)83-70-36-20-24-40-74(70)85(75-41-25-21-37-71(75)83)84-72-38-22-18-34-68(72)81(55-28-12-9-13-29-55)69-35-19-23-39-73(69)84/h8-53H,5-7H2,1-4H3. The highest BCUT2D eigenvalue weighted by molar-refractivity contribution is 6.30. The van der Waals surface area contributed by atoms with Crippen LogP contribution in [-0.2, 0) is 10.8 Å². The molecule has 15 aromatic carbocycles. The van der Waals surface area contributed by atoms with Gasteiger partial charge >= 0.3 is 0 Å². The third-order valence-corrected chi connectivity index (χ3v) is 20.9. The lowest BCUT2D eigenvalue weighted by Crippen LogP contribution is -2.23. The zero-order valence-electron chi connectivity index (χ0n) is 49.7. The Balaban J connectivity index is 0.774. The Bertz CT molecular complexity index is 5180. The van der Waals surface area contributed by atoms with Crippen molar-refractivity contribution >= 4 is 64.6 Å². The van der Waals surface area contributed by atoms with Crippen molar-refractivity contribution < 1.29 is 0 Å². The first kappa shape index (κ1) is 51.3. The fraction of sp³-hybridized carbons (Fsp3) is 0.103. The summed E-state index contributed by atoms with van der Waals surface area (Å²) < 4.78 is 0. The van der Waals surface area contributed by atoms with Gasteiger partial charge in [-0.3, -0.25) is 0 Å². The molecule has 0 saturated heterocycles. The average Bonchev–Trinajstić information content (AvgIpc) is 1.74. The molecule has 0 nitrogen and oxygen atoms in total. The summed E-state index contributed by atoms with van der Waals surface area (Å²) >= 11 is 0. The van der Waals surface area contributed by atoms with Crippen LogP contribution >= 0.6 is 0 Å². The maximum Gasteiger partial charge on any atom is 0.0210 e. The number of benzene rings is 15. The van der Waals surface area contributed by atoms with Crippen molar-refractivity contribution in [2.24, 2.45) is 0 Å². The average molecular weight is 1110 g/mol. The van der Waals surface area contributed by atoms with E-state index in [9.17, 15) is 0 Å². The summed E-state index contributed by atoms with van der Waals surface area (Å²) in [6.45, 7) is 9.69. The van der Waals surface area contributed by atoms with Crippen molar-refractivity contribution in [2.45, 2.75) is 57.8 Å². The molecule has 0 spiro atoms. The minimum absolute atomic E-state index is 0.157. The van der Waals surface area contributed by atoms with Crippen LogP contribution in [0.25, 0.3) is 154 Å². The summed E-state index contributed by atoms with van der Waals surface area (Å²) in [6.07, 6.45) is 3.00. The molecule has 2 aliphatic carbocycles. The summed E-state index contributed by atoms with van der Waals surface area (Å²) in [5.41, 5.74) is 26.2. The molecule has 1 unspecified atom stereocenters. The Hall–Kier alpha value is -10.1. The quantitative estimate of drug-likeness (QED) is 0.126. The van der Waals surface area contributed by atoms with Crippen molar-refractivity contribution in [1.82, 2.24) is 0 Å². The molecule has 0 heterocycles. The van der Waals surface area contributed by atoms with Crippen LogP contribution in [0.15, 0.2) is 279 Å². The zero-order valence-corrected chi connectivity index (χ0v) is 49.7. The Morgan fingerprint density at radius 3 is 0.736 bits per heavy atom. The molecule has 0 bridgehead atoms. The molecule has 0 fully saturated rings. The normalized spacial score (nSPS) is 14.7. The van der Waals surface area contributed by atoms with Crippen LogP contribution in [0.4, 0.5) is 0 Å². The predicted molar refractivity (Wildman–Crippen MR) is 373 cm³/mol. The lowest BCUT2D eigenvalue weighted by Gasteiger charge is -2.30. The van der Waals surface area contributed by atoms with Crippen molar-refractivity contribution in [1.29, 1.82) is 0 Å². The Morgan fingerprint density at radius 2 is 0.437 bits per heavy atom. The first-order valence-corrected chi connectivity index (χ1v) is 31.4. The molecule has 15 aromatic rings. The van der Waals surface area contributed by atoms with E-state index in [1.54, 1.807) is 0 Å². The number of hydrogen-bond acceptors (Lipinski definition) is 0. The van der Waals surface area contributed by atoms with Crippen molar-refractivity contribution in [3.05, 3.63) is 301 Å². The molecular formula is C87H64. The summed E-state index contributed by atoms with van der Waals surface area (Å²) in [7, 11) is 0. The van der Waals surface area contributed by atoms with Crippen LogP contribution in [-0.4, -0.2) is 0 Å². The third kappa shape index (κ3) is 7.38. The number of rotatable bonds is 9. The summed E-state index contributed by atoms with van der Waals surface area (Å²) in [5.74, 6) is 0. The van der Waals surface area contributed by atoms with Gasteiger partial charge in [0.2, 0.25) is 0 Å². The maximum atomic E-state index is 2.59. The fourth-order valence-corrected chi connectivity index (χ4v) is 16.6. The highest BCUT2D eigenvalue weighted by Crippen LogP contribution is 2.58. The van der Waals surface area contributed by atoms with E-state index in [2.05, 4.69) is 307 Å². The molecule has 17 rings (SSSR count). The van der Waals surface area contributed by atoms with E-state index in [4.69, 9.17) is 0 Å². The van der Waals surface area contributed by atoms with Gasteiger partial charge in [0, 0.05) is 10.8 Å². The van der Waals surface area contributed by atoms with Crippen LogP contribution < -0.4 is 0 Å². The summed E-state index contributed by atoms with van der Waals surface area (Å²) in [4.78, 5) is 0. The van der Waals surface area contributed by atoms with Gasteiger partial charge in [-0.2, -0.15) is 0 Å². The lowest BCUT2D eigenvalue weighted by molar-refractivity contribution is 0.491. The van der Waals surface area contributed by atoms with E-state index in [1.807, 2.05) is 0 Å². The van der Waals surface area contributed by atoms with Gasteiger partial charge in [0.15, 0.2) is 0 Å². The van der Waals surface area contributed by atoms with E-state index in [-0.39, 0.29) is 10.8 Å². The van der Waals surface area contributed by atoms with Crippen LogP contribution in [0.5, 0.6) is 0 Å². The van der Waals surface area contributed by atoms with Gasteiger partial charge in [0.25, 0.3) is 0 Å². The first-order chi connectivity index (χ1) is 42.9. The highest BCUT2D eigenvalue weighted by atomic mass is 14.5. The second-order valence-corrected chi connectivity index (χ2v) is 24.8. The van der Waals surface area contributed by atoms with Gasteiger partial charge in [-0.15, -0.1) is 0 Å². The first-order valence-electron chi connectivity index (χ1n) is 31.4. The predicted octanol–water partition coefficient (Wildman–Crippen LogP) is 24.4. The highest BCUT2D eigenvalue weighted by Gasteiger charge is 2.42. The fourth-order valence-electron chi connectivity index (χ4n) is 16.6. The van der Waals surface area contributed by atoms with Gasteiger partial charge in [-0.1, -0.05) is 282 Å². The Kier molecular flexibility index (Phi) is 11.6. The van der Waals surface area contributed by atoms with Crippen molar-refractivity contribution in [2.75, 3.05) is 0 Å². The minimum atomic E-state index is -0.173. The van der Waals surface area contributed by atoms with E-state index >= 15 is 0 Å².